The standard InChI is InChI=1S/C14H14N2O3/c1-9-11(8-15-19-9)14(18)16-7-3-5-10-4-2-6-12(17)13(10)16/h2,4,6,8,17H,3,5,7H2,1H3. The Hall–Kier alpha value is -2.30. The number of aryl methyl sites for hydroxylation is 2. The second-order valence-electron chi connectivity index (χ2n) is 4.64. The summed E-state index contributed by atoms with van der Waals surface area (Å²) >= 11 is 0. The molecule has 2 heterocycles. The molecular formula is C14H14N2O3. The number of anilines is 1. The number of para-hydroxylation sites is 1. The van der Waals surface area contributed by atoms with Crippen LogP contribution in [0.1, 0.15) is 28.1 Å². The molecule has 0 bridgehead atoms. The summed E-state index contributed by atoms with van der Waals surface area (Å²) < 4.78 is 4.93. The van der Waals surface area contributed by atoms with E-state index in [-0.39, 0.29) is 11.7 Å². The summed E-state index contributed by atoms with van der Waals surface area (Å²) in [6, 6.07) is 5.34. The van der Waals surface area contributed by atoms with Gasteiger partial charge in [0, 0.05) is 6.54 Å². The van der Waals surface area contributed by atoms with Crippen LogP contribution in [0.5, 0.6) is 5.75 Å². The monoisotopic (exact) mass is 258 g/mol. The lowest BCUT2D eigenvalue weighted by atomic mass is 10.00. The number of phenolic OH excluding ortho intramolecular Hbond substituents is 1. The van der Waals surface area contributed by atoms with Crippen LogP contribution in [-0.4, -0.2) is 22.7 Å². The van der Waals surface area contributed by atoms with Gasteiger partial charge in [-0.3, -0.25) is 4.79 Å². The topological polar surface area (TPSA) is 66.6 Å². The highest BCUT2D eigenvalue weighted by atomic mass is 16.5. The van der Waals surface area contributed by atoms with Gasteiger partial charge in [-0.05, 0) is 31.4 Å². The fourth-order valence-corrected chi connectivity index (χ4v) is 2.48. The number of nitrogens with zero attached hydrogens (tertiary/aromatic N) is 2. The van der Waals surface area contributed by atoms with Gasteiger partial charge < -0.3 is 14.5 Å². The number of phenols is 1. The van der Waals surface area contributed by atoms with E-state index in [0.29, 0.717) is 23.6 Å². The minimum atomic E-state index is -0.179. The van der Waals surface area contributed by atoms with E-state index in [1.165, 1.54) is 6.20 Å². The number of hydrogen-bond acceptors (Lipinski definition) is 4. The van der Waals surface area contributed by atoms with Gasteiger partial charge in [0.25, 0.3) is 5.91 Å². The third-order valence-electron chi connectivity index (χ3n) is 3.42. The maximum absolute atomic E-state index is 12.5. The van der Waals surface area contributed by atoms with Crippen LogP contribution in [0.15, 0.2) is 28.9 Å². The van der Waals surface area contributed by atoms with Crippen molar-refractivity contribution in [2.75, 3.05) is 11.4 Å². The van der Waals surface area contributed by atoms with E-state index in [0.717, 1.165) is 18.4 Å². The number of aromatic hydroxyl groups is 1. The van der Waals surface area contributed by atoms with Gasteiger partial charge in [-0.15, -0.1) is 0 Å². The minimum absolute atomic E-state index is 0.139. The second kappa shape index (κ2) is 4.42. The summed E-state index contributed by atoms with van der Waals surface area (Å²) in [5.41, 5.74) is 2.05. The average molecular weight is 258 g/mol. The van der Waals surface area contributed by atoms with Crippen molar-refractivity contribution in [2.45, 2.75) is 19.8 Å². The smallest absolute Gasteiger partial charge is 0.263 e. The highest BCUT2D eigenvalue weighted by Gasteiger charge is 2.28. The SMILES string of the molecule is Cc1oncc1C(=O)N1CCCc2cccc(O)c21. The molecule has 1 aromatic carbocycles. The van der Waals surface area contributed by atoms with E-state index in [1.54, 1.807) is 24.0 Å². The Morgan fingerprint density at radius 3 is 3.05 bits per heavy atom. The molecular weight excluding hydrogens is 244 g/mol. The first-order valence-corrected chi connectivity index (χ1v) is 6.22. The molecule has 1 aromatic heterocycles. The number of rotatable bonds is 1. The van der Waals surface area contributed by atoms with Crippen molar-refractivity contribution in [3.8, 4) is 5.75 Å². The average Bonchev–Trinajstić information content (AvgIpc) is 2.84. The molecule has 98 valence electrons. The van der Waals surface area contributed by atoms with E-state index in [4.69, 9.17) is 4.52 Å². The number of aromatic nitrogens is 1. The van der Waals surface area contributed by atoms with E-state index < -0.39 is 0 Å². The van der Waals surface area contributed by atoms with E-state index >= 15 is 0 Å². The van der Waals surface area contributed by atoms with Gasteiger partial charge in [-0.1, -0.05) is 17.3 Å². The molecule has 3 rings (SSSR count). The zero-order valence-corrected chi connectivity index (χ0v) is 10.6. The summed E-state index contributed by atoms with van der Waals surface area (Å²) in [5.74, 6) is 0.452. The maximum Gasteiger partial charge on any atom is 0.263 e. The fourth-order valence-electron chi connectivity index (χ4n) is 2.48. The Morgan fingerprint density at radius 2 is 2.32 bits per heavy atom. The second-order valence-corrected chi connectivity index (χ2v) is 4.64. The van der Waals surface area contributed by atoms with Crippen molar-refractivity contribution in [1.82, 2.24) is 5.16 Å². The summed E-state index contributed by atoms with van der Waals surface area (Å²) in [6.07, 6.45) is 3.18. The quantitative estimate of drug-likeness (QED) is 0.852. The van der Waals surface area contributed by atoms with E-state index in [2.05, 4.69) is 5.16 Å². The van der Waals surface area contributed by atoms with Crippen molar-refractivity contribution in [2.24, 2.45) is 0 Å². The Morgan fingerprint density at radius 1 is 1.47 bits per heavy atom. The first kappa shape index (κ1) is 11.8. The lowest BCUT2D eigenvalue weighted by molar-refractivity contribution is 0.0983. The molecule has 5 heteroatoms. The first-order valence-electron chi connectivity index (χ1n) is 6.22. The lowest BCUT2D eigenvalue weighted by Gasteiger charge is -2.29. The van der Waals surface area contributed by atoms with Crippen molar-refractivity contribution in [1.29, 1.82) is 0 Å². The molecule has 0 saturated heterocycles. The zero-order valence-electron chi connectivity index (χ0n) is 10.6. The van der Waals surface area contributed by atoms with Crippen LogP contribution >= 0.6 is 0 Å². The van der Waals surface area contributed by atoms with Gasteiger partial charge in [0.15, 0.2) is 0 Å². The Balaban J connectivity index is 2.05. The predicted octanol–water partition coefficient (Wildman–Crippen LogP) is 2.28. The van der Waals surface area contributed by atoms with Gasteiger partial charge in [-0.2, -0.15) is 0 Å². The summed E-state index contributed by atoms with van der Waals surface area (Å²) in [4.78, 5) is 14.1. The third kappa shape index (κ3) is 1.87. The molecule has 19 heavy (non-hydrogen) atoms. The Bertz CT molecular complexity index is 633. The summed E-state index contributed by atoms with van der Waals surface area (Å²) in [5, 5.41) is 13.6. The number of carbonyl (C=O) groups is 1. The van der Waals surface area contributed by atoms with E-state index in [1.807, 2.05) is 6.07 Å². The number of fused-ring (bicyclic) bond motifs is 1. The molecule has 0 radical (unpaired) electrons. The van der Waals surface area contributed by atoms with Crippen molar-refractivity contribution < 1.29 is 14.4 Å². The van der Waals surface area contributed by atoms with Crippen LogP contribution in [0, 0.1) is 6.92 Å². The minimum Gasteiger partial charge on any atom is -0.506 e. The molecule has 0 spiro atoms. The highest BCUT2D eigenvalue weighted by molar-refractivity contribution is 6.07. The molecule has 0 unspecified atom stereocenters. The molecule has 1 N–H and O–H groups in total. The number of hydrogen-bond donors (Lipinski definition) is 1. The predicted molar refractivity (Wildman–Crippen MR) is 69.3 cm³/mol. The summed E-state index contributed by atoms with van der Waals surface area (Å²) in [7, 11) is 0. The maximum atomic E-state index is 12.5. The molecule has 0 aliphatic carbocycles. The van der Waals surface area contributed by atoms with E-state index in [9.17, 15) is 9.90 Å². The Kier molecular flexibility index (Phi) is 2.74. The van der Waals surface area contributed by atoms with Crippen LogP contribution in [-0.2, 0) is 6.42 Å². The van der Waals surface area contributed by atoms with Crippen LogP contribution < -0.4 is 4.90 Å². The van der Waals surface area contributed by atoms with Crippen LogP contribution in [0.4, 0.5) is 5.69 Å². The normalized spacial score (nSPS) is 14.3. The summed E-state index contributed by atoms with van der Waals surface area (Å²) in [6.45, 7) is 2.30. The molecule has 1 aliphatic heterocycles. The molecule has 5 nitrogen and oxygen atoms in total. The molecule has 0 atom stereocenters. The van der Waals surface area contributed by atoms with Crippen LogP contribution in [0.3, 0.4) is 0 Å². The van der Waals surface area contributed by atoms with Crippen LogP contribution in [0.25, 0.3) is 0 Å². The van der Waals surface area contributed by atoms with Crippen molar-refractivity contribution in [3.05, 3.63) is 41.3 Å². The highest BCUT2D eigenvalue weighted by Crippen LogP contribution is 2.36. The Labute approximate surface area is 110 Å². The first-order chi connectivity index (χ1) is 9.18. The molecule has 1 aliphatic rings. The molecule has 1 amide bonds. The fraction of sp³-hybridized carbons (Fsp3) is 0.286. The van der Waals surface area contributed by atoms with Crippen molar-refractivity contribution in [3.63, 3.8) is 0 Å². The van der Waals surface area contributed by atoms with Gasteiger partial charge >= 0.3 is 0 Å². The molecule has 2 aromatic rings. The largest absolute Gasteiger partial charge is 0.506 e. The van der Waals surface area contributed by atoms with Crippen LogP contribution in [0.2, 0.25) is 0 Å². The van der Waals surface area contributed by atoms with Gasteiger partial charge in [0.05, 0.1) is 11.9 Å². The van der Waals surface area contributed by atoms with Gasteiger partial charge in [-0.25, -0.2) is 0 Å². The van der Waals surface area contributed by atoms with Gasteiger partial charge in [0.2, 0.25) is 0 Å². The number of amides is 1. The lowest BCUT2D eigenvalue weighted by Crippen LogP contribution is -2.35. The zero-order chi connectivity index (χ0) is 13.4. The third-order valence-corrected chi connectivity index (χ3v) is 3.42. The van der Waals surface area contributed by atoms with Crippen molar-refractivity contribution >= 4 is 11.6 Å². The number of benzene rings is 1. The van der Waals surface area contributed by atoms with Gasteiger partial charge in [0.1, 0.15) is 17.1 Å². The number of carbonyl (C=O) groups excluding carboxylic acids is 1. The molecule has 0 fully saturated rings. The molecule has 0 saturated carbocycles.